The van der Waals surface area contributed by atoms with Gasteiger partial charge in [0.05, 0.1) is 28.2 Å². The van der Waals surface area contributed by atoms with E-state index in [0.29, 0.717) is 28.0 Å². The predicted octanol–water partition coefficient (Wildman–Crippen LogP) is 4.19. The molecule has 150 valence electrons. The number of fused-ring (bicyclic) bond motifs is 1. The molecule has 4 rings (SSSR count). The number of nitrogens with one attached hydrogen (secondary N) is 1. The van der Waals surface area contributed by atoms with Gasteiger partial charge in [0, 0.05) is 18.0 Å². The summed E-state index contributed by atoms with van der Waals surface area (Å²) in [7, 11) is 0. The summed E-state index contributed by atoms with van der Waals surface area (Å²) in [4.78, 5) is 33.9. The molecule has 1 N–H and O–H groups in total. The first-order chi connectivity index (χ1) is 14.4. The highest BCUT2D eigenvalue weighted by Crippen LogP contribution is 2.26. The molecule has 0 atom stereocenters. The first kappa shape index (κ1) is 19.7. The van der Waals surface area contributed by atoms with E-state index in [2.05, 4.69) is 15.3 Å². The quantitative estimate of drug-likeness (QED) is 0.535. The number of anilines is 1. The fraction of sp³-hybridized carbons (Fsp3) is 0.0909. The Morgan fingerprint density at radius 1 is 1.13 bits per heavy atom. The highest BCUT2D eigenvalue weighted by molar-refractivity contribution is 6.34. The van der Waals surface area contributed by atoms with Gasteiger partial charge in [-0.05, 0) is 48.9 Å². The number of carbonyl (C=O) groups is 1. The monoisotopic (exact) mass is 422 g/mol. The maximum Gasteiger partial charge on any atom is 0.261 e. The van der Waals surface area contributed by atoms with Crippen LogP contribution >= 0.6 is 11.6 Å². The summed E-state index contributed by atoms with van der Waals surface area (Å²) in [5, 5.41) is 3.31. The summed E-state index contributed by atoms with van der Waals surface area (Å²) in [6, 6.07) is 12.1. The Bertz CT molecular complexity index is 1310. The number of hydrogen-bond donors (Lipinski definition) is 1. The second-order valence-electron chi connectivity index (χ2n) is 6.72. The van der Waals surface area contributed by atoms with Crippen LogP contribution in [0.2, 0.25) is 5.02 Å². The molecule has 0 spiro atoms. The molecule has 1 amide bonds. The predicted molar refractivity (Wildman–Crippen MR) is 113 cm³/mol. The molecule has 8 heteroatoms. The molecule has 6 nitrogen and oxygen atoms in total. The average molecular weight is 423 g/mol. The minimum atomic E-state index is -0.370. The SMILES string of the molecule is Cc1nc2cc(Cl)c(NC(=O)c3ccncc3)cc2c(=O)n1Cc1ccc(F)cc1. The highest BCUT2D eigenvalue weighted by Gasteiger charge is 2.14. The lowest BCUT2D eigenvalue weighted by atomic mass is 10.2. The summed E-state index contributed by atoms with van der Waals surface area (Å²) in [5.41, 5.74) is 1.64. The van der Waals surface area contributed by atoms with Crippen LogP contribution < -0.4 is 10.9 Å². The third kappa shape index (κ3) is 3.92. The molecule has 30 heavy (non-hydrogen) atoms. The molecule has 2 heterocycles. The number of rotatable bonds is 4. The van der Waals surface area contributed by atoms with Crippen molar-refractivity contribution in [3.63, 3.8) is 0 Å². The molecule has 0 aliphatic carbocycles. The van der Waals surface area contributed by atoms with Crippen LogP contribution in [0, 0.1) is 12.7 Å². The Kier molecular flexibility index (Phi) is 5.29. The molecule has 0 saturated carbocycles. The number of aromatic nitrogens is 3. The third-order valence-electron chi connectivity index (χ3n) is 4.68. The summed E-state index contributed by atoms with van der Waals surface area (Å²) >= 11 is 6.31. The average Bonchev–Trinajstić information content (AvgIpc) is 2.74. The van der Waals surface area contributed by atoms with Gasteiger partial charge in [-0.1, -0.05) is 23.7 Å². The Balaban J connectivity index is 1.74. The Labute approximate surface area is 176 Å². The molecule has 0 saturated heterocycles. The van der Waals surface area contributed by atoms with Crippen molar-refractivity contribution >= 4 is 34.1 Å². The molecule has 0 fully saturated rings. The minimum absolute atomic E-state index is 0.245. The van der Waals surface area contributed by atoms with Crippen molar-refractivity contribution in [3.8, 4) is 0 Å². The number of aryl methyl sites for hydroxylation is 1. The van der Waals surface area contributed by atoms with E-state index < -0.39 is 0 Å². The van der Waals surface area contributed by atoms with Crippen molar-refractivity contribution in [1.29, 1.82) is 0 Å². The van der Waals surface area contributed by atoms with E-state index in [1.807, 2.05) is 0 Å². The van der Waals surface area contributed by atoms with E-state index in [1.54, 1.807) is 37.3 Å². The topological polar surface area (TPSA) is 76.9 Å². The summed E-state index contributed by atoms with van der Waals surface area (Å²) < 4.78 is 14.7. The summed E-state index contributed by atoms with van der Waals surface area (Å²) in [6.45, 7) is 1.96. The molecular formula is C22H16ClFN4O2. The van der Waals surface area contributed by atoms with Gasteiger partial charge in [-0.15, -0.1) is 0 Å². The van der Waals surface area contributed by atoms with Crippen LogP contribution in [0.15, 0.2) is 65.7 Å². The van der Waals surface area contributed by atoms with Crippen LogP contribution in [0.1, 0.15) is 21.7 Å². The van der Waals surface area contributed by atoms with Gasteiger partial charge in [0.2, 0.25) is 0 Å². The minimum Gasteiger partial charge on any atom is -0.321 e. The molecular weight excluding hydrogens is 407 g/mol. The molecule has 4 aromatic rings. The lowest BCUT2D eigenvalue weighted by molar-refractivity contribution is 0.102. The van der Waals surface area contributed by atoms with Gasteiger partial charge in [-0.2, -0.15) is 0 Å². The van der Waals surface area contributed by atoms with E-state index >= 15 is 0 Å². The fourth-order valence-electron chi connectivity index (χ4n) is 3.11. The number of nitrogens with zero attached hydrogens (tertiary/aromatic N) is 3. The van der Waals surface area contributed by atoms with Gasteiger partial charge in [0.25, 0.3) is 11.5 Å². The zero-order valence-electron chi connectivity index (χ0n) is 15.9. The van der Waals surface area contributed by atoms with Crippen LogP contribution in [-0.2, 0) is 6.54 Å². The van der Waals surface area contributed by atoms with Crippen LogP contribution in [0.4, 0.5) is 10.1 Å². The van der Waals surface area contributed by atoms with Gasteiger partial charge >= 0.3 is 0 Å². The first-order valence-corrected chi connectivity index (χ1v) is 9.46. The van der Waals surface area contributed by atoms with Crippen molar-refractivity contribution in [2.24, 2.45) is 0 Å². The van der Waals surface area contributed by atoms with Gasteiger partial charge in [0.15, 0.2) is 0 Å². The molecule has 0 aliphatic heterocycles. The fourth-order valence-corrected chi connectivity index (χ4v) is 3.31. The Morgan fingerprint density at radius 3 is 2.53 bits per heavy atom. The smallest absolute Gasteiger partial charge is 0.261 e. The van der Waals surface area contributed by atoms with E-state index in [1.165, 1.54) is 35.2 Å². The van der Waals surface area contributed by atoms with E-state index in [0.717, 1.165) is 5.56 Å². The molecule has 0 radical (unpaired) electrons. The number of benzene rings is 2. The Hall–Kier alpha value is -3.58. The van der Waals surface area contributed by atoms with Gasteiger partial charge in [-0.25, -0.2) is 9.37 Å². The lowest BCUT2D eigenvalue weighted by Crippen LogP contribution is -2.24. The van der Waals surface area contributed by atoms with Gasteiger partial charge < -0.3 is 5.32 Å². The second-order valence-corrected chi connectivity index (χ2v) is 7.12. The first-order valence-electron chi connectivity index (χ1n) is 9.09. The number of carbonyl (C=O) groups excluding carboxylic acids is 1. The van der Waals surface area contributed by atoms with Crippen molar-refractivity contribution in [3.05, 3.63) is 99.1 Å². The van der Waals surface area contributed by atoms with Gasteiger partial charge in [-0.3, -0.25) is 19.1 Å². The third-order valence-corrected chi connectivity index (χ3v) is 4.99. The largest absolute Gasteiger partial charge is 0.321 e. The maximum atomic E-state index is 13.2. The van der Waals surface area contributed by atoms with Crippen LogP contribution in [0.3, 0.4) is 0 Å². The lowest BCUT2D eigenvalue weighted by Gasteiger charge is -2.13. The number of hydrogen-bond acceptors (Lipinski definition) is 4. The van der Waals surface area contributed by atoms with Crippen molar-refractivity contribution in [2.75, 3.05) is 5.32 Å². The number of amides is 1. The highest BCUT2D eigenvalue weighted by atomic mass is 35.5. The van der Waals surface area contributed by atoms with Gasteiger partial charge in [0.1, 0.15) is 11.6 Å². The van der Waals surface area contributed by atoms with Crippen LogP contribution in [-0.4, -0.2) is 20.4 Å². The van der Waals surface area contributed by atoms with Crippen molar-refractivity contribution in [1.82, 2.24) is 14.5 Å². The zero-order valence-corrected chi connectivity index (χ0v) is 16.7. The number of pyridine rings is 1. The van der Waals surface area contributed by atoms with E-state index in [-0.39, 0.29) is 28.9 Å². The molecule has 2 aromatic carbocycles. The maximum absolute atomic E-state index is 13.2. The Morgan fingerprint density at radius 2 is 1.83 bits per heavy atom. The standard InChI is InChI=1S/C22H16ClFN4O2/c1-13-26-19-11-18(23)20(27-21(29)15-6-8-25-9-7-15)10-17(19)22(30)28(13)12-14-2-4-16(24)5-3-14/h2-11H,12H2,1H3,(H,27,29). The summed E-state index contributed by atoms with van der Waals surface area (Å²) in [5.74, 6) is -0.213. The number of halogens is 2. The zero-order chi connectivity index (χ0) is 21.3. The normalized spacial score (nSPS) is 10.9. The van der Waals surface area contributed by atoms with Crippen LogP contribution in [0.5, 0.6) is 0 Å². The van der Waals surface area contributed by atoms with E-state index in [4.69, 9.17) is 11.6 Å². The second kappa shape index (κ2) is 8.04. The summed E-state index contributed by atoms with van der Waals surface area (Å²) in [6.07, 6.45) is 3.02. The molecule has 2 aromatic heterocycles. The molecule has 0 unspecified atom stereocenters. The van der Waals surface area contributed by atoms with E-state index in [9.17, 15) is 14.0 Å². The van der Waals surface area contributed by atoms with Crippen molar-refractivity contribution in [2.45, 2.75) is 13.5 Å². The molecule has 0 aliphatic rings. The van der Waals surface area contributed by atoms with Crippen LogP contribution in [0.25, 0.3) is 10.9 Å². The van der Waals surface area contributed by atoms with Crippen molar-refractivity contribution < 1.29 is 9.18 Å². The molecule has 0 bridgehead atoms.